The molecule has 120 valence electrons. The van der Waals surface area contributed by atoms with Crippen LogP contribution in [0, 0.1) is 0 Å². The van der Waals surface area contributed by atoms with Gasteiger partial charge in [0.2, 0.25) is 11.3 Å². The third-order valence-corrected chi connectivity index (χ3v) is 6.48. The van der Waals surface area contributed by atoms with Crippen molar-refractivity contribution in [2.45, 2.75) is 12.7 Å². The molecule has 0 saturated carbocycles. The lowest BCUT2D eigenvalue weighted by atomic mass is 10.0. The molecule has 2 heterocycles. The maximum absolute atomic E-state index is 6.45. The number of hydrogen-bond donors (Lipinski definition) is 0. The van der Waals surface area contributed by atoms with Crippen LogP contribution >= 0.6 is 23.2 Å². The van der Waals surface area contributed by atoms with E-state index >= 15 is 0 Å². The molecule has 0 amide bonds. The van der Waals surface area contributed by atoms with E-state index in [9.17, 15) is 0 Å². The molecule has 2 nitrogen and oxygen atoms in total. The van der Waals surface area contributed by atoms with Gasteiger partial charge in [-0.2, -0.15) is 0 Å². The van der Waals surface area contributed by atoms with Gasteiger partial charge in [-0.05, 0) is 56.9 Å². The molecule has 0 radical (unpaired) electrons. The number of nitrogens with zero attached hydrogens (tertiary/aromatic N) is 2. The van der Waals surface area contributed by atoms with Crippen molar-refractivity contribution in [1.29, 1.82) is 0 Å². The fraction of sp³-hybridized carbons (Fsp3) is 0.200. The minimum absolute atomic E-state index is 0.400. The molecular weight excluding hydrogens is 339 g/mol. The van der Waals surface area contributed by atoms with Crippen LogP contribution in [0.3, 0.4) is 0 Å². The summed E-state index contributed by atoms with van der Waals surface area (Å²) in [5.41, 5.74) is 1.26. The van der Waals surface area contributed by atoms with Crippen LogP contribution in [-0.4, -0.2) is 29.1 Å². The van der Waals surface area contributed by atoms with Gasteiger partial charge in [0.25, 0.3) is 0 Å². The highest BCUT2D eigenvalue weighted by Crippen LogP contribution is 2.50. The molecule has 2 aliphatic heterocycles. The first-order valence-corrected chi connectivity index (χ1v) is 8.91. The summed E-state index contributed by atoms with van der Waals surface area (Å²) >= 11 is 12.8. The fourth-order valence-corrected chi connectivity index (χ4v) is 4.48. The molecule has 24 heavy (non-hydrogen) atoms. The molecule has 0 aliphatic carbocycles. The van der Waals surface area contributed by atoms with E-state index in [2.05, 4.69) is 66.5 Å². The van der Waals surface area contributed by atoms with E-state index in [1.54, 1.807) is 0 Å². The van der Waals surface area contributed by atoms with Gasteiger partial charge < -0.3 is 0 Å². The van der Waals surface area contributed by atoms with Crippen molar-refractivity contribution in [3.05, 3.63) is 70.5 Å². The Balaban J connectivity index is 1.53. The fourth-order valence-electron chi connectivity index (χ4n) is 3.83. The van der Waals surface area contributed by atoms with Gasteiger partial charge in [0, 0.05) is 6.54 Å². The van der Waals surface area contributed by atoms with Crippen molar-refractivity contribution < 1.29 is 4.48 Å². The van der Waals surface area contributed by atoms with Crippen LogP contribution < -0.4 is 0 Å². The van der Waals surface area contributed by atoms with Crippen molar-refractivity contribution in [3.63, 3.8) is 0 Å². The third kappa shape index (κ3) is 2.00. The highest BCUT2D eigenvalue weighted by atomic mass is 35.5. The average Bonchev–Trinajstić information content (AvgIpc) is 3.24. The summed E-state index contributed by atoms with van der Waals surface area (Å²) in [5, 5.41) is 6.56. The summed E-state index contributed by atoms with van der Waals surface area (Å²) in [5.74, 6) is 0. The molecule has 5 rings (SSSR count). The lowest BCUT2D eigenvalue weighted by Gasteiger charge is -2.16. The van der Waals surface area contributed by atoms with Crippen LogP contribution in [0.15, 0.2) is 64.9 Å². The van der Waals surface area contributed by atoms with Gasteiger partial charge >= 0.3 is 0 Å². The Morgan fingerprint density at radius 2 is 1.62 bits per heavy atom. The number of rotatable bonds is 2. The molecule has 0 aromatic heterocycles. The van der Waals surface area contributed by atoms with Gasteiger partial charge in [-0.3, -0.25) is 4.90 Å². The SMILES string of the molecule is C[N+]12CC1N(Cc1ccc3cc4ccccc4cc3c1)C(Cl)=C2Cl. The topological polar surface area (TPSA) is 3.24 Å². The molecular formula is C20H17Cl2N2+. The molecule has 2 aliphatic rings. The van der Waals surface area contributed by atoms with E-state index in [-0.39, 0.29) is 0 Å². The molecule has 0 bridgehead atoms. The van der Waals surface area contributed by atoms with Gasteiger partial charge in [-0.15, -0.1) is 0 Å². The zero-order valence-corrected chi connectivity index (χ0v) is 14.8. The lowest BCUT2D eigenvalue weighted by molar-refractivity contribution is -0.742. The summed E-state index contributed by atoms with van der Waals surface area (Å²) in [7, 11) is 2.14. The zero-order chi connectivity index (χ0) is 16.5. The largest absolute Gasteiger partial charge is 0.298 e. The Morgan fingerprint density at radius 1 is 0.958 bits per heavy atom. The predicted molar refractivity (Wildman–Crippen MR) is 101 cm³/mol. The first-order valence-electron chi connectivity index (χ1n) is 8.15. The Labute approximate surface area is 151 Å². The van der Waals surface area contributed by atoms with Gasteiger partial charge in [0.15, 0.2) is 11.7 Å². The van der Waals surface area contributed by atoms with Crippen LogP contribution in [0.1, 0.15) is 5.56 Å². The molecule has 0 N–H and O–H groups in total. The first kappa shape index (κ1) is 14.6. The van der Waals surface area contributed by atoms with Crippen LogP contribution in [0.25, 0.3) is 21.5 Å². The number of quaternary nitrogens is 1. The van der Waals surface area contributed by atoms with Crippen LogP contribution in [0.4, 0.5) is 0 Å². The van der Waals surface area contributed by atoms with E-state index in [1.807, 2.05) is 0 Å². The highest BCUT2D eigenvalue weighted by molar-refractivity contribution is 6.38. The maximum Gasteiger partial charge on any atom is 0.239 e. The second kappa shape index (κ2) is 4.89. The van der Waals surface area contributed by atoms with E-state index in [0.717, 1.165) is 22.7 Å². The standard InChI is InChI=1S/C20H17Cl2N2/c1-24-12-18(24)23(19(21)20(24)22)11-13-6-7-16-9-14-4-2-3-5-15(14)10-17(16)8-13/h2-10,18H,11-12H2,1H3/q+1. The lowest BCUT2D eigenvalue weighted by Crippen LogP contribution is -2.24. The number of benzene rings is 3. The summed E-state index contributed by atoms with van der Waals surface area (Å²) in [6.45, 7) is 1.85. The Bertz CT molecular complexity index is 1030. The van der Waals surface area contributed by atoms with Gasteiger partial charge in [0.05, 0.1) is 7.05 Å². The molecule has 2 atom stereocenters. The quantitative estimate of drug-likeness (QED) is 0.264. The van der Waals surface area contributed by atoms with Crippen LogP contribution in [0.2, 0.25) is 0 Å². The monoisotopic (exact) mass is 355 g/mol. The van der Waals surface area contributed by atoms with Crippen molar-refractivity contribution in [2.24, 2.45) is 0 Å². The van der Waals surface area contributed by atoms with Crippen molar-refractivity contribution in [3.8, 4) is 0 Å². The van der Waals surface area contributed by atoms with E-state index in [0.29, 0.717) is 11.3 Å². The average molecular weight is 356 g/mol. The Hall–Kier alpha value is -1.74. The minimum Gasteiger partial charge on any atom is -0.298 e. The van der Waals surface area contributed by atoms with Crippen molar-refractivity contribution in [2.75, 3.05) is 13.6 Å². The second-order valence-corrected chi connectivity index (χ2v) is 7.74. The minimum atomic E-state index is 0.400. The molecule has 4 heteroatoms. The summed E-state index contributed by atoms with van der Waals surface area (Å²) in [4.78, 5) is 2.23. The smallest absolute Gasteiger partial charge is 0.239 e. The molecule has 3 aromatic carbocycles. The van der Waals surface area contributed by atoms with E-state index < -0.39 is 0 Å². The summed E-state index contributed by atoms with van der Waals surface area (Å²) < 4.78 is 0.763. The molecule has 1 saturated heterocycles. The Morgan fingerprint density at radius 3 is 2.29 bits per heavy atom. The van der Waals surface area contributed by atoms with E-state index in [1.165, 1.54) is 27.1 Å². The number of likely N-dealkylation sites (N-methyl/N-ethyl adjacent to an activating group) is 1. The highest BCUT2D eigenvalue weighted by Gasteiger charge is 2.64. The normalized spacial score (nSPS) is 25.6. The predicted octanol–water partition coefficient (Wildman–Crippen LogP) is 5.20. The number of halogens is 2. The van der Waals surface area contributed by atoms with E-state index in [4.69, 9.17) is 23.2 Å². The molecule has 1 fully saturated rings. The molecule has 3 aromatic rings. The van der Waals surface area contributed by atoms with Crippen LogP contribution in [-0.2, 0) is 6.54 Å². The van der Waals surface area contributed by atoms with Crippen molar-refractivity contribution in [1.82, 2.24) is 4.90 Å². The Kier molecular flexibility index (Phi) is 2.97. The van der Waals surface area contributed by atoms with Gasteiger partial charge in [-0.1, -0.05) is 48.0 Å². The molecule has 0 spiro atoms. The van der Waals surface area contributed by atoms with Crippen molar-refractivity contribution >= 4 is 44.7 Å². The third-order valence-electron chi connectivity index (χ3n) is 5.42. The van der Waals surface area contributed by atoms with Gasteiger partial charge in [0.1, 0.15) is 0 Å². The maximum atomic E-state index is 6.45. The zero-order valence-electron chi connectivity index (χ0n) is 13.3. The van der Waals surface area contributed by atoms with Gasteiger partial charge in [-0.25, -0.2) is 4.48 Å². The summed E-state index contributed by atoms with van der Waals surface area (Å²) in [6, 6.07) is 19.7. The molecule has 2 unspecified atom stereocenters. The number of hydrogen-bond acceptors (Lipinski definition) is 1. The number of fused-ring (bicyclic) bond motifs is 3. The summed E-state index contributed by atoms with van der Waals surface area (Å²) in [6.07, 6.45) is 0.400. The van der Waals surface area contributed by atoms with Crippen LogP contribution in [0.5, 0.6) is 0 Å². The first-order chi connectivity index (χ1) is 11.6. The second-order valence-electron chi connectivity index (χ2n) is 7.02.